The van der Waals surface area contributed by atoms with Gasteiger partial charge in [-0.15, -0.1) is 0 Å². The molecule has 172 valence electrons. The molecule has 0 bridgehead atoms. The van der Waals surface area contributed by atoms with Gasteiger partial charge in [0.1, 0.15) is 0 Å². The lowest BCUT2D eigenvalue weighted by atomic mass is 9.95. The van der Waals surface area contributed by atoms with Gasteiger partial charge in [0.05, 0.1) is 19.3 Å². The van der Waals surface area contributed by atoms with Gasteiger partial charge >= 0.3 is 0 Å². The predicted molar refractivity (Wildman–Crippen MR) is 130 cm³/mol. The minimum atomic E-state index is -0.467. The monoisotopic (exact) mass is 455 g/mol. The van der Waals surface area contributed by atoms with Crippen molar-refractivity contribution < 1.29 is 19.4 Å². The maximum Gasteiger partial charge on any atom is 0.254 e. The molecule has 1 amide bonds. The van der Waals surface area contributed by atoms with E-state index in [9.17, 15) is 14.7 Å². The van der Waals surface area contributed by atoms with Crippen LogP contribution in [0.3, 0.4) is 0 Å². The summed E-state index contributed by atoms with van der Waals surface area (Å²) in [5, 5.41) is 10.4. The maximum atomic E-state index is 12.7. The fourth-order valence-corrected chi connectivity index (χ4v) is 4.64. The summed E-state index contributed by atoms with van der Waals surface area (Å²) < 4.78 is 5.30. The van der Waals surface area contributed by atoms with Gasteiger partial charge in [-0.2, -0.15) is 13.5 Å². The van der Waals surface area contributed by atoms with Gasteiger partial charge in [0.15, 0.2) is 5.78 Å². The van der Waals surface area contributed by atoms with E-state index in [2.05, 4.69) is 24.3 Å². The molecular weight excluding hydrogens is 422 g/mol. The molecule has 0 radical (unpaired) electrons. The van der Waals surface area contributed by atoms with Crippen molar-refractivity contribution in [3.8, 4) is 0 Å². The average molecular weight is 456 g/mol. The van der Waals surface area contributed by atoms with E-state index >= 15 is 0 Å². The van der Waals surface area contributed by atoms with Gasteiger partial charge in [-0.3, -0.25) is 9.59 Å². The van der Waals surface area contributed by atoms with Gasteiger partial charge in [-0.1, -0.05) is 36.4 Å². The van der Waals surface area contributed by atoms with Crippen molar-refractivity contribution in [1.82, 2.24) is 4.90 Å². The highest BCUT2D eigenvalue weighted by atomic mass is 32.1. The number of amides is 1. The molecule has 1 atom stereocenters. The number of hydrogen-bond acceptors (Lipinski definition) is 4. The number of aliphatic hydroxyl groups excluding tert-OH is 1. The molecule has 32 heavy (non-hydrogen) atoms. The molecule has 1 N–H and O–H groups in total. The van der Waals surface area contributed by atoms with Crippen LogP contribution in [-0.2, 0) is 17.6 Å². The molecule has 6 heteroatoms. The molecule has 1 heterocycles. The van der Waals surface area contributed by atoms with Crippen LogP contribution >= 0.6 is 13.5 Å². The molecule has 1 saturated heterocycles. The second-order valence-electron chi connectivity index (χ2n) is 8.72. The fourth-order valence-electron chi connectivity index (χ4n) is 4.64. The van der Waals surface area contributed by atoms with Crippen LogP contribution in [0.1, 0.15) is 57.5 Å². The summed E-state index contributed by atoms with van der Waals surface area (Å²) in [4.78, 5) is 27.1. The minimum Gasteiger partial charge on any atom is -0.393 e. The van der Waals surface area contributed by atoms with Crippen LogP contribution in [0.4, 0.5) is 0 Å². The molecule has 4 rings (SSSR count). The van der Waals surface area contributed by atoms with Gasteiger partial charge in [-0.25, -0.2) is 0 Å². The molecule has 0 aromatic heterocycles. The fraction of sp³-hybridized carbons (Fsp3) is 0.462. The zero-order valence-electron chi connectivity index (χ0n) is 18.5. The Hall–Kier alpha value is -2.15. The number of rotatable bonds is 8. The van der Waals surface area contributed by atoms with Gasteiger partial charge in [0, 0.05) is 30.6 Å². The first-order valence-electron chi connectivity index (χ1n) is 11.4. The number of morpholine rings is 1. The highest BCUT2D eigenvalue weighted by molar-refractivity contribution is 7.59. The number of fused-ring (bicyclic) bond motifs is 1. The highest BCUT2D eigenvalue weighted by Crippen LogP contribution is 2.30. The number of carbonyl (C=O) groups is 2. The zero-order chi connectivity index (χ0) is 21.6. The molecule has 5 nitrogen and oxygen atoms in total. The molecule has 2 aromatic rings. The van der Waals surface area contributed by atoms with Gasteiger partial charge in [-0.05, 0) is 61.3 Å². The summed E-state index contributed by atoms with van der Waals surface area (Å²) in [5.41, 5.74) is 3.94. The maximum absolute atomic E-state index is 12.7. The lowest BCUT2D eigenvalue weighted by Gasteiger charge is -2.27. The Morgan fingerprint density at radius 1 is 0.969 bits per heavy atom. The summed E-state index contributed by atoms with van der Waals surface area (Å²) in [6, 6.07) is 15.5. The molecule has 0 unspecified atom stereocenters. The molecule has 0 spiro atoms. The zero-order valence-corrected chi connectivity index (χ0v) is 19.5. The summed E-state index contributed by atoms with van der Waals surface area (Å²) in [6.45, 7) is 2.26. The normalized spacial score (nSPS) is 16.8. The third-order valence-electron chi connectivity index (χ3n) is 6.48. The summed E-state index contributed by atoms with van der Waals surface area (Å²) in [6.07, 6.45) is 4.17. The lowest BCUT2D eigenvalue weighted by Crippen LogP contribution is -2.40. The van der Waals surface area contributed by atoms with E-state index in [4.69, 9.17) is 4.74 Å². The first kappa shape index (κ1) is 24.5. The quantitative estimate of drug-likeness (QED) is 0.615. The van der Waals surface area contributed by atoms with E-state index in [0.29, 0.717) is 56.2 Å². The van der Waals surface area contributed by atoms with Crippen LogP contribution in [0.5, 0.6) is 0 Å². The van der Waals surface area contributed by atoms with E-state index in [1.165, 1.54) is 11.1 Å². The third-order valence-corrected chi connectivity index (χ3v) is 6.48. The Labute approximate surface area is 197 Å². The van der Waals surface area contributed by atoms with E-state index in [1.807, 2.05) is 0 Å². The van der Waals surface area contributed by atoms with Crippen LogP contribution in [0, 0.1) is 5.92 Å². The van der Waals surface area contributed by atoms with Gasteiger partial charge in [0.2, 0.25) is 0 Å². The van der Waals surface area contributed by atoms with Crippen molar-refractivity contribution in [2.75, 3.05) is 26.3 Å². The van der Waals surface area contributed by atoms with Crippen molar-refractivity contribution >= 4 is 25.2 Å². The number of nitrogens with zero attached hydrogens (tertiary/aromatic N) is 1. The second kappa shape index (κ2) is 11.6. The van der Waals surface area contributed by atoms with Crippen molar-refractivity contribution in [2.45, 2.75) is 44.6 Å². The van der Waals surface area contributed by atoms with E-state index in [0.717, 1.165) is 25.7 Å². The summed E-state index contributed by atoms with van der Waals surface area (Å²) >= 11 is 0. The largest absolute Gasteiger partial charge is 0.393 e. The Bertz CT molecular complexity index is 901. The van der Waals surface area contributed by atoms with E-state index in [-0.39, 0.29) is 25.2 Å². The Kier molecular flexibility index (Phi) is 8.91. The number of carbonyl (C=O) groups excluding carboxylic acids is 2. The average Bonchev–Trinajstić information content (AvgIpc) is 3.24. The van der Waals surface area contributed by atoms with E-state index in [1.54, 1.807) is 29.2 Å². The SMILES string of the molecule is O=C(CC[C@@H](O)CCC1Cc2ccccc2C1)c1cccc(C(=O)N2CCOCC2)c1.S. The Morgan fingerprint density at radius 2 is 1.62 bits per heavy atom. The van der Waals surface area contributed by atoms with Crippen molar-refractivity contribution in [1.29, 1.82) is 0 Å². The number of ketones is 1. The lowest BCUT2D eigenvalue weighted by molar-refractivity contribution is 0.0303. The molecule has 1 aliphatic carbocycles. The number of Topliss-reactive ketones (excluding diaryl/α,β-unsaturated/α-hetero) is 1. The van der Waals surface area contributed by atoms with Crippen molar-refractivity contribution in [3.63, 3.8) is 0 Å². The Morgan fingerprint density at radius 3 is 2.31 bits per heavy atom. The molecule has 1 fully saturated rings. The summed E-state index contributed by atoms with van der Waals surface area (Å²) in [7, 11) is 0. The Balaban J connectivity index is 0.00000289. The number of aliphatic hydroxyl groups is 1. The van der Waals surface area contributed by atoms with Crippen molar-refractivity contribution in [2.24, 2.45) is 5.92 Å². The number of ether oxygens (including phenoxy) is 1. The molecule has 0 saturated carbocycles. The van der Waals surface area contributed by atoms with Crippen LogP contribution in [0.25, 0.3) is 0 Å². The van der Waals surface area contributed by atoms with Crippen molar-refractivity contribution in [3.05, 3.63) is 70.8 Å². The van der Waals surface area contributed by atoms with Crippen LogP contribution in [0.2, 0.25) is 0 Å². The second-order valence-corrected chi connectivity index (χ2v) is 8.72. The summed E-state index contributed by atoms with van der Waals surface area (Å²) in [5.74, 6) is 0.505. The van der Waals surface area contributed by atoms with Gasteiger partial charge in [0.25, 0.3) is 5.91 Å². The van der Waals surface area contributed by atoms with Crippen LogP contribution in [0.15, 0.2) is 48.5 Å². The first-order chi connectivity index (χ1) is 15.1. The van der Waals surface area contributed by atoms with E-state index < -0.39 is 6.10 Å². The van der Waals surface area contributed by atoms with Gasteiger partial charge < -0.3 is 14.7 Å². The number of hydrogen-bond donors (Lipinski definition) is 1. The van der Waals surface area contributed by atoms with Crippen LogP contribution in [-0.4, -0.2) is 54.1 Å². The molecule has 2 aliphatic rings. The highest BCUT2D eigenvalue weighted by Gasteiger charge is 2.22. The molecular formula is C26H33NO4S. The first-order valence-corrected chi connectivity index (χ1v) is 11.4. The predicted octanol–water partition coefficient (Wildman–Crippen LogP) is 3.79. The minimum absolute atomic E-state index is 0. The number of benzene rings is 2. The standard InChI is InChI=1S/C26H31NO4.H2S/c28-24(9-8-19-16-20-4-1-2-5-21(20)17-19)10-11-25(29)22-6-3-7-23(18-22)26(30)27-12-14-31-15-13-27;/h1-7,18-19,24,28H,8-17H2;1H2/t24-;/m0./s1. The molecule has 1 aliphatic heterocycles. The topological polar surface area (TPSA) is 66.8 Å². The smallest absolute Gasteiger partial charge is 0.254 e. The third kappa shape index (κ3) is 6.21. The van der Waals surface area contributed by atoms with Crippen LogP contribution < -0.4 is 0 Å². The molecule has 2 aromatic carbocycles.